The molecule has 0 aromatic heterocycles. The minimum atomic E-state index is -0.727. The van der Waals surface area contributed by atoms with Gasteiger partial charge in [0, 0.05) is 5.56 Å². The molecule has 2 fully saturated rings. The van der Waals surface area contributed by atoms with E-state index in [0.717, 1.165) is 56.1 Å². The lowest BCUT2D eigenvalue weighted by molar-refractivity contribution is -0.147. The molecule has 1 aromatic rings. The summed E-state index contributed by atoms with van der Waals surface area (Å²) in [6, 6.07) is 5.88. The summed E-state index contributed by atoms with van der Waals surface area (Å²) in [5.41, 5.74) is 0.350. The van der Waals surface area contributed by atoms with Gasteiger partial charge in [-0.15, -0.1) is 0 Å². The number of carbonyl (C=O) groups is 1. The molecule has 0 unspecified atom stereocenters. The summed E-state index contributed by atoms with van der Waals surface area (Å²) in [6.45, 7) is 7.79. The Labute approximate surface area is 190 Å². The number of aliphatic carboxylic acids is 1. The first-order chi connectivity index (χ1) is 15.4. The lowest BCUT2D eigenvalue weighted by atomic mass is 9.86. The monoisotopic (exact) mass is 444 g/mol. The normalized spacial score (nSPS) is 20.0. The maximum atomic E-state index is 11.3. The molecule has 1 N–H and O–H groups in total. The Balaban J connectivity index is 1.21. The standard InChI is InChI=1S/C25H36N2O5/c1-25(2,24(28)29)11-14-27-12-9-19(10-13-27)17-31-23-15-20-21(30-16-18-5-3-6-18)7-4-8-22(20)32-26-23/h4,7-8,18-19H,3,5-6,9-17H2,1-2H3,(H,28,29). The van der Waals surface area contributed by atoms with Gasteiger partial charge in [-0.25, -0.2) is 0 Å². The van der Waals surface area contributed by atoms with E-state index in [1.54, 1.807) is 13.8 Å². The van der Waals surface area contributed by atoms with Crippen molar-refractivity contribution in [2.75, 3.05) is 32.8 Å². The molecule has 4 rings (SSSR count). The maximum Gasteiger partial charge on any atom is 0.309 e. The molecule has 1 saturated heterocycles. The third-order valence-electron chi connectivity index (χ3n) is 7.19. The molecule has 1 aliphatic carbocycles. The van der Waals surface area contributed by atoms with Crippen LogP contribution in [0, 0.1) is 17.3 Å². The van der Waals surface area contributed by atoms with E-state index in [2.05, 4.69) is 10.1 Å². The molecule has 1 aromatic carbocycles. The first kappa shape index (κ1) is 22.9. The van der Waals surface area contributed by atoms with E-state index in [1.165, 1.54) is 19.3 Å². The van der Waals surface area contributed by atoms with Gasteiger partial charge in [-0.1, -0.05) is 12.5 Å². The lowest BCUT2D eigenvalue weighted by Crippen LogP contribution is -2.38. The fourth-order valence-corrected chi connectivity index (χ4v) is 4.30. The van der Waals surface area contributed by atoms with E-state index in [9.17, 15) is 9.90 Å². The van der Waals surface area contributed by atoms with Gasteiger partial charge in [0.15, 0.2) is 5.75 Å². The molecule has 7 nitrogen and oxygen atoms in total. The third kappa shape index (κ3) is 5.74. The van der Waals surface area contributed by atoms with Crippen molar-refractivity contribution in [3.05, 3.63) is 23.8 Å². The Bertz CT molecular complexity index is 826. The molecule has 0 amide bonds. The van der Waals surface area contributed by atoms with Crippen LogP contribution >= 0.6 is 0 Å². The predicted molar refractivity (Wildman–Crippen MR) is 122 cm³/mol. The Hall–Kier alpha value is -2.28. The zero-order valence-corrected chi connectivity index (χ0v) is 19.3. The number of carboxylic acid groups (broad SMARTS) is 1. The Kier molecular flexibility index (Phi) is 7.23. The summed E-state index contributed by atoms with van der Waals surface area (Å²) in [5, 5.41) is 13.5. The highest BCUT2D eigenvalue weighted by molar-refractivity contribution is 5.81. The molecule has 7 heteroatoms. The number of rotatable bonds is 9. The third-order valence-corrected chi connectivity index (χ3v) is 7.19. The number of likely N-dealkylation sites (tertiary alicyclic amines) is 1. The zero-order valence-electron chi connectivity index (χ0n) is 19.3. The minimum Gasteiger partial charge on any atom is -0.493 e. The summed E-state index contributed by atoms with van der Waals surface area (Å²) >= 11 is 0. The molecule has 2 aliphatic heterocycles. The summed E-state index contributed by atoms with van der Waals surface area (Å²) < 4.78 is 12.1. The Morgan fingerprint density at radius 3 is 2.56 bits per heavy atom. The van der Waals surface area contributed by atoms with Crippen molar-refractivity contribution in [3.8, 4) is 11.5 Å². The van der Waals surface area contributed by atoms with Gasteiger partial charge in [-0.05, 0) is 94.7 Å². The van der Waals surface area contributed by atoms with Gasteiger partial charge in [-0.3, -0.25) is 4.79 Å². The van der Waals surface area contributed by atoms with Crippen molar-refractivity contribution in [3.63, 3.8) is 0 Å². The van der Waals surface area contributed by atoms with Gasteiger partial charge in [0.1, 0.15) is 5.75 Å². The molecule has 0 bridgehead atoms. The van der Waals surface area contributed by atoms with Crippen molar-refractivity contribution >= 4 is 11.9 Å². The van der Waals surface area contributed by atoms with Crippen LogP contribution in [0.4, 0.5) is 0 Å². The van der Waals surface area contributed by atoms with Crippen molar-refractivity contribution < 1.29 is 24.2 Å². The number of ether oxygens (including phenoxy) is 2. The summed E-state index contributed by atoms with van der Waals surface area (Å²) in [4.78, 5) is 19.3. The first-order valence-electron chi connectivity index (χ1n) is 12.0. The van der Waals surface area contributed by atoms with E-state index in [1.807, 2.05) is 18.2 Å². The zero-order chi connectivity index (χ0) is 22.6. The smallest absolute Gasteiger partial charge is 0.309 e. The molecular formula is C25H36N2O5. The number of hydrogen-bond donors (Lipinski definition) is 1. The van der Waals surface area contributed by atoms with Crippen molar-refractivity contribution in [1.82, 2.24) is 4.90 Å². The van der Waals surface area contributed by atoms with Crippen LogP contribution in [0.5, 0.6) is 11.5 Å². The van der Waals surface area contributed by atoms with Crippen LogP contribution in [-0.4, -0.2) is 54.7 Å². The highest BCUT2D eigenvalue weighted by Gasteiger charge is 2.29. The number of nitrogens with zero attached hydrogens (tertiary/aromatic N) is 2. The van der Waals surface area contributed by atoms with Crippen molar-refractivity contribution in [2.24, 2.45) is 22.4 Å². The molecule has 3 aliphatic rings. The number of hydrogen-bond acceptors (Lipinski definition) is 6. The number of benzene rings is 1. The second-order valence-corrected chi connectivity index (χ2v) is 10.1. The van der Waals surface area contributed by atoms with Gasteiger partial charge < -0.3 is 24.3 Å². The summed E-state index contributed by atoms with van der Waals surface area (Å²) in [5.74, 6) is 2.68. The summed E-state index contributed by atoms with van der Waals surface area (Å²) in [7, 11) is 0. The largest absolute Gasteiger partial charge is 0.493 e. The van der Waals surface area contributed by atoms with Gasteiger partial charge in [0.05, 0.1) is 25.0 Å². The molecule has 2 heterocycles. The molecular weight excluding hydrogens is 408 g/mol. The average Bonchev–Trinajstić information content (AvgIpc) is 2.76. The maximum absolute atomic E-state index is 11.3. The molecule has 176 valence electrons. The van der Waals surface area contributed by atoms with Crippen LogP contribution in [0.3, 0.4) is 0 Å². The molecule has 0 atom stereocenters. The van der Waals surface area contributed by atoms with Crippen LogP contribution in [0.25, 0.3) is 0 Å². The van der Waals surface area contributed by atoms with E-state index in [0.29, 0.717) is 37.2 Å². The van der Waals surface area contributed by atoms with E-state index < -0.39 is 11.4 Å². The van der Waals surface area contributed by atoms with Crippen LogP contribution < -0.4 is 9.57 Å². The highest BCUT2D eigenvalue weighted by atomic mass is 16.7. The van der Waals surface area contributed by atoms with Crippen LogP contribution in [0.15, 0.2) is 23.4 Å². The average molecular weight is 445 g/mol. The highest BCUT2D eigenvalue weighted by Crippen LogP contribution is 2.34. The fraction of sp³-hybridized carbons (Fsp3) is 0.680. The predicted octanol–water partition coefficient (Wildman–Crippen LogP) is 4.34. The second-order valence-electron chi connectivity index (χ2n) is 10.1. The summed E-state index contributed by atoms with van der Waals surface area (Å²) in [6.07, 6.45) is 7.20. The number of carboxylic acids is 1. The van der Waals surface area contributed by atoms with E-state index in [-0.39, 0.29) is 0 Å². The molecule has 0 radical (unpaired) electrons. The number of oxime groups is 1. The fourth-order valence-electron chi connectivity index (χ4n) is 4.30. The van der Waals surface area contributed by atoms with Gasteiger partial charge in [0.25, 0.3) is 0 Å². The van der Waals surface area contributed by atoms with Crippen molar-refractivity contribution in [1.29, 1.82) is 0 Å². The molecule has 0 spiro atoms. The van der Waals surface area contributed by atoms with Crippen molar-refractivity contribution in [2.45, 2.75) is 58.8 Å². The van der Waals surface area contributed by atoms with Crippen LogP contribution in [0.2, 0.25) is 0 Å². The molecule has 32 heavy (non-hydrogen) atoms. The second kappa shape index (κ2) is 10.1. The SMILES string of the molecule is CC(C)(CCN1CCC(COC2=NOc3cccc(OCC4CCC4)c3C2)CC1)C(=O)O. The van der Waals surface area contributed by atoms with Gasteiger partial charge in [-0.2, -0.15) is 0 Å². The van der Waals surface area contributed by atoms with Gasteiger partial charge >= 0.3 is 5.97 Å². The van der Waals surface area contributed by atoms with Gasteiger partial charge in [0.2, 0.25) is 5.90 Å². The molecule has 1 saturated carbocycles. The Morgan fingerprint density at radius 2 is 1.88 bits per heavy atom. The topological polar surface area (TPSA) is 80.6 Å². The van der Waals surface area contributed by atoms with E-state index >= 15 is 0 Å². The quantitative estimate of drug-likeness (QED) is 0.610. The Morgan fingerprint density at radius 1 is 1.16 bits per heavy atom. The van der Waals surface area contributed by atoms with E-state index in [4.69, 9.17) is 14.3 Å². The van der Waals surface area contributed by atoms with Crippen LogP contribution in [-0.2, 0) is 16.0 Å². The number of fused-ring (bicyclic) bond motifs is 1. The first-order valence-corrected chi connectivity index (χ1v) is 12.0. The van der Waals surface area contributed by atoms with Crippen LogP contribution in [0.1, 0.15) is 57.9 Å². The minimum absolute atomic E-state index is 0.480. The lowest BCUT2D eigenvalue weighted by Gasteiger charge is -2.33. The number of piperidine rings is 1.